The predicted molar refractivity (Wildman–Crippen MR) is 119 cm³/mol. The summed E-state index contributed by atoms with van der Waals surface area (Å²) in [5.74, 6) is 0.405. The fourth-order valence-electron chi connectivity index (χ4n) is 3.79. The third-order valence-corrected chi connectivity index (χ3v) is 5.62. The summed E-state index contributed by atoms with van der Waals surface area (Å²) in [4.78, 5) is 15.2. The van der Waals surface area contributed by atoms with Crippen LogP contribution in [-0.2, 0) is 7.05 Å². The highest BCUT2D eigenvalue weighted by atomic mass is 19.1. The Labute approximate surface area is 179 Å². The number of anilines is 3. The van der Waals surface area contributed by atoms with E-state index in [9.17, 15) is 4.39 Å². The van der Waals surface area contributed by atoms with Crippen molar-refractivity contribution < 1.29 is 4.39 Å². The zero-order valence-corrected chi connectivity index (χ0v) is 17.4. The third-order valence-electron chi connectivity index (χ3n) is 5.62. The SMILES string of the molecule is Cc1c2ccc(-c3nc(Nc4ccc(N5CCNCC5)cn4)ncc3F)cc2nn1C. The quantitative estimate of drug-likeness (QED) is 0.527. The molecule has 1 fully saturated rings. The standard InChI is InChI=1S/C22H23FN8/c1-14-17-5-3-15(11-19(17)29-30(14)2)21-18(23)13-26-22(28-21)27-20-6-4-16(12-25-20)31-9-7-24-8-10-31/h3-6,11-13,24H,7-10H2,1-2H3,(H,25,26,27,28). The minimum atomic E-state index is -0.487. The van der Waals surface area contributed by atoms with Crippen LogP contribution in [0, 0.1) is 12.7 Å². The summed E-state index contributed by atoms with van der Waals surface area (Å²) in [5, 5.41) is 11.9. The van der Waals surface area contributed by atoms with Gasteiger partial charge in [-0.25, -0.2) is 19.3 Å². The molecule has 9 heteroatoms. The zero-order chi connectivity index (χ0) is 21.4. The normalized spacial score (nSPS) is 14.2. The molecule has 0 unspecified atom stereocenters. The number of aryl methyl sites for hydroxylation is 2. The summed E-state index contributed by atoms with van der Waals surface area (Å²) >= 11 is 0. The van der Waals surface area contributed by atoms with E-state index in [0.29, 0.717) is 11.4 Å². The molecule has 1 aliphatic rings. The van der Waals surface area contributed by atoms with Crippen molar-refractivity contribution in [2.75, 3.05) is 36.4 Å². The highest BCUT2D eigenvalue weighted by molar-refractivity contribution is 5.86. The second-order valence-electron chi connectivity index (χ2n) is 7.59. The highest BCUT2D eigenvalue weighted by Crippen LogP contribution is 2.27. The van der Waals surface area contributed by atoms with Gasteiger partial charge in [0.2, 0.25) is 5.95 Å². The Morgan fingerprint density at radius 3 is 2.68 bits per heavy atom. The second-order valence-corrected chi connectivity index (χ2v) is 7.59. The van der Waals surface area contributed by atoms with Crippen molar-refractivity contribution >= 4 is 28.4 Å². The van der Waals surface area contributed by atoms with E-state index in [0.717, 1.165) is 48.5 Å². The van der Waals surface area contributed by atoms with Crippen LogP contribution in [-0.4, -0.2) is 50.9 Å². The first-order valence-electron chi connectivity index (χ1n) is 10.2. The lowest BCUT2D eigenvalue weighted by Crippen LogP contribution is -2.43. The molecule has 0 radical (unpaired) electrons. The Kier molecular flexibility index (Phi) is 4.95. The molecule has 1 aromatic carbocycles. The van der Waals surface area contributed by atoms with Crippen LogP contribution in [0.5, 0.6) is 0 Å². The minimum Gasteiger partial charge on any atom is -0.368 e. The van der Waals surface area contributed by atoms with Gasteiger partial charge in [0.15, 0.2) is 5.82 Å². The first kappa shape index (κ1) is 19.4. The number of benzene rings is 1. The number of fused-ring (bicyclic) bond motifs is 1. The van der Waals surface area contributed by atoms with Gasteiger partial charge < -0.3 is 15.5 Å². The van der Waals surface area contributed by atoms with E-state index in [1.165, 1.54) is 6.20 Å². The van der Waals surface area contributed by atoms with E-state index >= 15 is 0 Å². The van der Waals surface area contributed by atoms with Gasteiger partial charge in [0, 0.05) is 49.9 Å². The Balaban J connectivity index is 1.39. The van der Waals surface area contributed by atoms with Crippen LogP contribution in [0.25, 0.3) is 22.2 Å². The van der Waals surface area contributed by atoms with Crippen LogP contribution in [0.4, 0.5) is 21.8 Å². The van der Waals surface area contributed by atoms with E-state index < -0.39 is 5.82 Å². The lowest BCUT2D eigenvalue weighted by atomic mass is 10.1. The molecule has 1 saturated heterocycles. The van der Waals surface area contributed by atoms with Crippen LogP contribution >= 0.6 is 0 Å². The smallest absolute Gasteiger partial charge is 0.229 e. The van der Waals surface area contributed by atoms with E-state index in [1.54, 1.807) is 0 Å². The average Bonchev–Trinajstić information content (AvgIpc) is 3.09. The number of piperazine rings is 1. The number of aromatic nitrogens is 5. The van der Waals surface area contributed by atoms with E-state index in [4.69, 9.17) is 0 Å². The maximum Gasteiger partial charge on any atom is 0.229 e. The molecule has 0 spiro atoms. The van der Waals surface area contributed by atoms with E-state index in [2.05, 4.69) is 35.6 Å². The van der Waals surface area contributed by atoms with Gasteiger partial charge in [-0.3, -0.25) is 4.68 Å². The van der Waals surface area contributed by atoms with Crippen LogP contribution < -0.4 is 15.5 Å². The van der Waals surface area contributed by atoms with Crippen molar-refractivity contribution in [2.45, 2.75) is 6.92 Å². The first-order chi connectivity index (χ1) is 15.1. The monoisotopic (exact) mass is 418 g/mol. The van der Waals surface area contributed by atoms with Gasteiger partial charge in [-0.2, -0.15) is 5.10 Å². The second kappa shape index (κ2) is 7.92. The summed E-state index contributed by atoms with van der Waals surface area (Å²) < 4.78 is 16.3. The molecule has 31 heavy (non-hydrogen) atoms. The number of hydrogen-bond acceptors (Lipinski definition) is 7. The average molecular weight is 418 g/mol. The molecule has 158 valence electrons. The molecule has 0 amide bonds. The molecule has 4 aromatic rings. The summed E-state index contributed by atoms with van der Waals surface area (Å²) in [6, 6.07) is 9.54. The van der Waals surface area contributed by atoms with E-state index in [-0.39, 0.29) is 11.6 Å². The largest absolute Gasteiger partial charge is 0.368 e. The Bertz CT molecular complexity index is 1230. The van der Waals surface area contributed by atoms with Gasteiger partial charge in [0.25, 0.3) is 0 Å². The molecule has 0 bridgehead atoms. The number of rotatable bonds is 4. The van der Waals surface area contributed by atoms with Gasteiger partial charge in [0.1, 0.15) is 11.5 Å². The van der Waals surface area contributed by atoms with Crippen molar-refractivity contribution in [1.29, 1.82) is 0 Å². The van der Waals surface area contributed by atoms with Gasteiger partial charge in [-0.05, 0) is 25.1 Å². The number of halogens is 1. The zero-order valence-electron chi connectivity index (χ0n) is 17.4. The molecule has 2 N–H and O–H groups in total. The van der Waals surface area contributed by atoms with Gasteiger partial charge in [-0.15, -0.1) is 0 Å². The Hall–Kier alpha value is -3.59. The Morgan fingerprint density at radius 2 is 1.90 bits per heavy atom. The highest BCUT2D eigenvalue weighted by Gasteiger charge is 2.14. The maximum absolute atomic E-state index is 14.5. The van der Waals surface area contributed by atoms with Crippen molar-refractivity contribution in [3.05, 3.63) is 54.2 Å². The van der Waals surface area contributed by atoms with Crippen LogP contribution in [0.2, 0.25) is 0 Å². The molecular weight excluding hydrogens is 395 g/mol. The molecule has 0 atom stereocenters. The fraction of sp³-hybridized carbons (Fsp3) is 0.273. The van der Waals surface area contributed by atoms with Gasteiger partial charge >= 0.3 is 0 Å². The summed E-state index contributed by atoms with van der Waals surface area (Å²) in [6.45, 7) is 5.85. The first-order valence-corrected chi connectivity index (χ1v) is 10.2. The fourth-order valence-corrected chi connectivity index (χ4v) is 3.79. The lowest BCUT2D eigenvalue weighted by Gasteiger charge is -2.29. The maximum atomic E-state index is 14.5. The Morgan fingerprint density at radius 1 is 1.06 bits per heavy atom. The molecule has 0 saturated carbocycles. The molecule has 5 rings (SSSR count). The number of nitrogens with zero attached hydrogens (tertiary/aromatic N) is 6. The molecule has 0 aliphatic carbocycles. The van der Waals surface area contributed by atoms with Gasteiger partial charge in [0.05, 0.1) is 23.6 Å². The molecule has 1 aliphatic heterocycles. The van der Waals surface area contributed by atoms with E-state index in [1.807, 2.05) is 55.2 Å². The topological polar surface area (TPSA) is 83.8 Å². The number of nitrogens with one attached hydrogen (secondary N) is 2. The van der Waals surface area contributed by atoms with Crippen molar-refractivity contribution in [1.82, 2.24) is 30.0 Å². The van der Waals surface area contributed by atoms with Crippen LogP contribution in [0.3, 0.4) is 0 Å². The predicted octanol–water partition coefficient (Wildman–Crippen LogP) is 3.03. The third kappa shape index (κ3) is 3.79. The van der Waals surface area contributed by atoms with Crippen molar-refractivity contribution in [3.8, 4) is 11.3 Å². The van der Waals surface area contributed by atoms with Crippen molar-refractivity contribution in [3.63, 3.8) is 0 Å². The lowest BCUT2D eigenvalue weighted by molar-refractivity contribution is 0.589. The number of hydrogen-bond donors (Lipinski definition) is 2. The van der Waals surface area contributed by atoms with Crippen LogP contribution in [0.15, 0.2) is 42.7 Å². The van der Waals surface area contributed by atoms with Crippen LogP contribution in [0.1, 0.15) is 5.69 Å². The molecular formula is C22H23FN8. The minimum absolute atomic E-state index is 0.222. The molecule has 3 aromatic heterocycles. The summed E-state index contributed by atoms with van der Waals surface area (Å²) in [6.07, 6.45) is 3.00. The molecule has 8 nitrogen and oxygen atoms in total. The number of pyridine rings is 1. The summed E-state index contributed by atoms with van der Waals surface area (Å²) in [5.41, 5.74) is 3.81. The summed E-state index contributed by atoms with van der Waals surface area (Å²) in [7, 11) is 1.89. The van der Waals surface area contributed by atoms with Gasteiger partial charge in [-0.1, -0.05) is 12.1 Å². The molecule has 4 heterocycles. The van der Waals surface area contributed by atoms with Crippen molar-refractivity contribution in [2.24, 2.45) is 7.05 Å².